The van der Waals surface area contributed by atoms with Crippen molar-refractivity contribution in [1.82, 2.24) is 9.47 Å². The summed E-state index contributed by atoms with van der Waals surface area (Å²) in [5, 5.41) is 9.46. The van der Waals surface area contributed by atoms with Gasteiger partial charge >= 0.3 is 12.1 Å². The number of hydrogen-bond acceptors (Lipinski definition) is 5. The van der Waals surface area contributed by atoms with Gasteiger partial charge in [0.2, 0.25) is 5.43 Å². The van der Waals surface area contributed by atoms with Gasteiger partial charge in [-0.15, -0.1) is 0 Å². The zero-order valence-electron chi connectivity index (χ0n) is 19.3. The molecule has 1 saturated heterocycles. The van der Waals surface area contributed by atoms with E-state index >= 15 is 4.39 Å². The summed E-state index contributed by atoms with van der Waals surface area (Å²) in [5.41, 5.74) is -0.128. The molecule has 1 N–H and O–H groups in total. The number of ether oxygens (including phenoxy) is 1. The highest BCUT2D eigenvalue weighted by Crippen LogP contribution is 2.38. The number of fused-ring (bicyclic) bond motifs is 1. The van der Waals surface area contributed by atoms with Crippen LogP contribution in [-0.4, -0.2) is 67.5 Å². The molecule has 4 rings (SSSR count). The molecule has 1 aromatic carbocycles. The predicted molar refractivity (Wildman–Crippen MR) is 127 cm³/mol. The minimum atomic E-state index is -1.31. The smallest absolute Gasteiger partial charge is 0.409 e. The summed E-state index contributed by atoms with van der Waals surface area (Å²) >= 11 is 0. The minimum Gasteiger partial charge on any atom is -0.477 e. The molecule has 10 heteroatoms. The summed E-state index contributed by atoms with van der Waals surface area (Å²) in [6, 6.07) is 3.81. The first-order chi connectivity index (χ1) is 15.5. The number of carboxylic acid groups (broad SMARTS) is 1. The maximum Gasteiger partial charge on any atom is 0.409 e. The molecular formula is C23H30FN3O5Si. The molecule has 1 aliphatic heterocycles. The van der Waals surface area contributed by atoms with Crippen molar-refractivity contribution in [3.8, 4) is 0 Å². The highest BCUT2D eigenvalue weighted by atomic mass is 28.3. The third-order valence-corrected chi connectivity index (χ3v) is 7.93. The van der Waals surface area contributed by atoms with Crippen molar-refractivity contribution < 1.29 is 23.8 Å². The molecule has 8 nitrogen and oxygen atoms in total. The van der Waals surface area contributed by atoms with E-state index in [2.05, 4.69) is 19.6 Å². The van der Waals surface area contributed by atoms with Crippen LogP contribution in [-0.2, 0) is 4.74 Å². The molecule has 2 fully saturated rings. The number of aromatic nitrogens is 1. The lowest BCUT2D eigenvalue weighted by atomic mass is 10.1. The van der Waals surface area contributed by atoms with Gasteiger partial charge in [-0.05, 0) is 31.0 Å². The second-order valence-electron chi connectivity index (χ2n) is 10.0. The number of carbonyl (C=O) groups is 2. The first-order valence-corrected chi connectivity index (χ1v) is 15.0. The minimum absolute atomic E-state index is 0.0765. The van der Waals surface area contributed by atoms with Gasteiger partial charge in [-0.25, -0.2) is 14.0 Å². The van der Waals surface area contributed by atoms with Crippen molar-refractivity contribution in [3.05, 3.63) is 39.9 Å². The maximum absolute atomic E-state index is 15.1. The molecule has 1 saturated carbocycles. The van der Waals surface area contributed by atoms with Gasteiger partial charge < -0.3 is 24.2 Å². The molecule has 0 radical (unpaired) electrons. The zero-order valence-corrected chi connectivity index (χ0v) is 20.3. The van der Waals surface area contributed by atoms with Gasteiger partial charge in [-0.1, -0.05) is 19.6 Å². The van der Waals surface area contributed by atoms with E-state index in [-0.39, 0.29) is 23.1 Å². The Balaban J connectivity index is 1.53. The van der Waals surface area contributed by atoms with Crippen molar-refractivity contribution >= 4 is 36.7 Å². The highest BCUT2D eigenvalue weighted by Gasteiger charge is 2.29. The normalized spacial score (nSPS) is 16.8. The molecule has 1 amide bonds. The van der Waals surface area contributed by atoms with Crippen LogP contribution in [0.5, 0.6) is 0 Å². The number of nitrogens with zero attached hydrogens (tertiary/aromatic N) is 3. The van der Waals surface area contributed by atoms with E-state index in [1.807, 2.05) is 4.90 Å². The van der Waals surface area contributed by atoms with Crippen LogP contribution in [0, 0.1) is 5.82 Å². The fraction of sp³-hybridized carbons (Fsp3) is 0.522. The fourth-order valence-corrected chi connectivity index (χ4v) is 4.79. The van der Waals surface area contributed by atoms with Crippen molar-refractivity contribution in [2.24, 2.45) is 0 Å². The number of carbonyl (C=O) groups excluding carboxylic acids is 1. The van der Waals surface area contributed by atoms with Crippen molar-refractivity contribution in [3.63, 3.8) is 0 Å². The monoisotopic (exact) mass is 475 g/mol. The number of anilines is 1. The standard InChI is InChI=1S/C23H30FN3O5Si/c1-33(2,3)11-10-32-23(31)26-8-6-25(7-9-26)20-13-19-16(12-18(20)24)21(28)17(22(29)30)14-27(19)15-4-5-15/h12-15H,4-11H2,1-3H3,(H,29,30). The Labute approximate surface area is 192 Å². The average Bonchev–Trinajstić information content (AvgIpc) is 3.58. The second kappa shape index (κ2) is 8.81. The summed E-state index contributed by atoms with van der Waals surface area (Å²) in [7, 11) is -1.28. The summed E-state index contributed by atoms with van der Waals surface area (Å²) < 4.78 is 22.3. The molecule has 1 aromatic heterocycles. The molecule has 2 aliphatic rings. The predicted octanol–water partition coefficient (Wildman–Crippen LogP) is 3.77. The fourth-order valence-electron chi connectivity index (χ4n) is 4.07. The Morgan fingerprint density at radius 1 is 1.15 bits per heavy atom. The lowest BCUT2D eigenvalue weighted by Crippen LogP contribution is -2.49. The van der Waals surface area contributed by atoms with Gasteiger partial charge in [0.25, 0.3) is 0 Å². The van der Waals surface area contributed by atoms with Crippen molar-refractivity contribution in [1.29, 1.82) is 0 Å². The Kier molecular flexibility index (Phi) is 6.21. The summed E-state index contributed by atoms with van der Waals surface area (Å²) in [5.74, 6) is -1.88. The molecular weight excluding hydrogens is 445 g/mol. The van der Waals surface area contributed by atoms with Gasteiger partial charge in [0.1, 0.15) is 11.4 Å². The first kappa shape index (κ1) is 23.3. The van der Waals surface area contributed by atoms with Gasteiger partial charge in [0.15, 0.2) is 0 Å². The number of pyridine rings is 1. The van der Waals surface area contributed by atoms with Crippen LogP contribution in [0.15, 0.2) is 23.1 Å². The average molecular weight is 476 g/mol. The number of carboxylic acids is 1. The largest absolute Gasteiger partial charge is 0.477 e. The molecule has 0 spiro atoms. The number of halogens is 1. The van der Waals surface area contributed by atoms with Crippen molar-refractivity contribution in [2.75, 3.05) is 37.7 Å². The summed E-state index contributed by atoms with van der Waals surface area (Å²) in [6.07, 6.45) is 2.82. The highest BCUT2D eigenvalue weighted by molar-refractivity contribution is 6.76. The van der Waals surface area contributed by atoms with Gasteiger partial charge in [0, 0.05) is 51.9 Å². The molecule has 0 unspecified atom stereocenters. The molecule has 1 aliphatic carbocycles. The molecule has 2 aromatic rings. The lowest BCUT2D eigenvalue weighted by molar-refractivity contribution is 0.0694. The van der Waals surface area contributed by atoms with E-state index in [1.54, 1.807) is 15.5 Å². The van der Waals surface area contributed by atoms with E-state index in [0.29, 0.717) is 44.0 Å². The molecule has 0 atom stereocenters. The second-order valence-corrected chi connectivity index (χ2v) is 15.7. The zero-order chi connectivity index (χ0) is 23.9. The SMILES string of the molecule is C[Si](C)(C)CCOC(=O)N1CCN(c2cc3c(cc2F)c(=O)c(C(=O)O)cn3C2CC2)CC1. The number of benzene rings is 1. The van der Waals surface area contributed by atoms with Crippen LogP contribution in [0.25, 0.3) is 10.9 Å². The molecule has 2 heterocycles. The third kappa shape index (κ3) is 5.05. The van der Waals surface area contributed by atoms with Crippen LogP contribution in [0.4, 0.5) is 14.9 Å². The summed E-state index contributed by atoms with van der Waals surface area (Å²) in [4.78, 5) is 40.0. The Bertz CT molecular complexity index is 1150. The maximum atomic E-state index is 15.1. The van der Waals surface area contributed by atoms with E-state index < -0.39 is 25.3 Å². The van der Waals surface area contributed by atoms with Crippen LogP contribution in [0.1, 0.15) is 29.2 Å². The Hall–Kier alpha value is -2.88. The van der Waals surface area contributed by atoms with Crippen LogP contribution >= 0.6 is 0 Å². The quantitative estimate of drug-likeness (QED) is 0.640. The van der Waals surface area contributed by atoms with Crippen LogP contribution in [0.2, 0.25) is 25.7 Å². The van der Waals surface area contributed by atoms with E-state index in [1.165, 1.54) is 6.20 Å². The summed E-state index contributed by atoms with van der Waals surface area (Å²) in [6.45, 7) is 8.80. The number of rotatable bonds is 6. The third-order valence-electron chi connectivity index (χ3n) is 6.23. The topological polar surface area (TPSA) is 92.1 Å². The molecule has 0 bridgehead atoms. The number of aromatic carboxylic acids is 1. The van der Waals surface area contributed by atoms with Crippen LogP contribution in [0.3, 0.4) is 0 Å². The first-order valence-electron chi connectivity index (χ1n) is 11.3. The number of hydrogen-bond donors (Lipinski definition) is 1. The van der Waals surface area contributed by atoms with Crippen LogP contribution < -0.4 is 10.3 Å². The Morgan fingerprint density at radius 3 is 2.39 bits per heavy atom. The van der Waals surface area contributed by atoms with Crippen molar-refractivity contribution in [2.45, 2.75) is 44.6 Å². The Morgan fingerprint density at radius 2 is 1.82 bits per heavy atom. The van der Waals surface area contributed by atoms with E-state index in [9.17, 15) is 19.5 Å². The molecule has 178 valence electrons. The lowest BCUT2D eigenvalue weighted by Gasteiger charge is -2.36. The number of amides is 1. The number of piperazine rings is 1. The molecule has 33 heavy (non-hydrogen) atoms. The van der Waals surface area contributed by atoms with E-state index in [4.69, 9.17) is 4.74 Å². The van der Waals surface area contributed by atoms with Gasteiger partial charge in [-0.3, -0.25) is 4.79 Å². The van der Waals surface area contributed by atoms with E-state index in [0.717, 1.165) is 25.0 Å². The van der Waals surface area contributed by atoms with Gasteiger partial charge in [-0.2, -0.15) is 0 Å². The van der Waals surface area contributed by atoms with Gasteiger partial charge in [0.05, 0.1) is 17.8 Å².